The van der Waals surface area contributed by atoms with Gasteiger partial charge in [0.05, 0.1) is 12.7 Å². The van der Waals surface area contributed by atoms with E-state index in [0.717, 1.165) is 18.6 Å². The maximum Gasteiger partial charge on any atom is 0.127 e. The molecule has 1 nitrogen and oxygen atoms in total. The zero-order chi connectivity index (χ0) is 5.98. The minimum atomic E-state index is -0.278. The molecule has 2 unspecified atom stereocenters. The van der Waals surface area contributed by atoms with E-state index >= 15 is 0 Å². The zero-order valence-corrected chi connectivity index (χ0v) is 7.23. The largest absolute Gasteiger partial charge is 0.378 e. The van der Waals surface area contributed by atoms with Crippen molar-refractivity contribution >= 4 is 19.9 Å². The second-order valence-corrected chi connectivity index (χ2v) is 4.42. The van der Waals surface area contributed by atoms with Crippen molar-refractivity contribution in [1.29, 1.82) is 0 Å². The molecule has 48 valence electrons. The summed E-state index contributed by atoms with van der Waals surface area (Å²) in [5.74, 6) is 0.779. The van der Waals surface area contributed by atoms with E-state index in [4.69, 9.17) is 15.8 Å². The van der Waals surface area contributed by atoms with E-state index < -0.39 is 0 Å². The average Bonchev–Trinajstić information content (AvgIpc) is 1.79. The van der Waals surface area contributed by atoms with Crippen molar-refractivity contribution in [2.75, 3.05) is 6.61 Å². The Hall–Kier alpha value is 0.467. The van der Waals surface area contributed by atoms with E-state index in [-0.39, 0.29) is 8.83 Å². The van der Waals surface area contributed by atoms with Crippen LogP contribution in [0.2, 0.25) is 6.04 Å². The Morgan fingerprint density at radius 3 is 2.75 bits per heavy atom. The van der Waals surface area contributed by atoms with Crippen molar-refractivity contribution in [2.24, 2.45) is 5.92 Å². The molecule has 1 heterocycles. The summed E-state index contributed by atoms with van der Waals surface area (Å²) >= 11 is 5.63. The Kier molecular flexibility index (Phi) is 2.35. The third-order valence-corrected chi connectivity index (χ3v) is 3.04. The average molecular weight is 151 g/mol. The van der Waals surface area contributed by atoms with Gasteiger partial charge in [-0.15, -0.1) is 0 Å². The minimum absolute atomic E-state index is 0.278. The van der Waals surface area contributed by atoms with Crippen molar-refractivity contribution in [1.82, 2.24) is 0 Å². The summed E-state index contributed by atoms with van der Waals surface area (Å²) in [6, 6.07) is 1.16. The smallest absolute Gasteiger partial charge is 0.127 e. The van der Waals surface area contributed by atoms with Gasteiger partial charge in [0.25, 0.3) is 0 Å². The highest BCUT2D eigenvalue weighted by Crippen LogP contribution is 2.22. The highest BCUT2D eigenvalue weighted by molar-refractivity contribution is 6.93. The fourth-order valence-corrected chi connectivity index (χ4v) is 2.50. The number of hydrogen-bond donors (Lipinski definition) is 0. The van der Waals surface area contributed by atoms with Crippen LogP contribution in [0.5, 0.6) is 0 Å². The van der Waals surface area contributed by atoms with Gasteiger partial charge in [0.1, 0.15) is 8.83 Å². The monoisotopic (exact) mass is 150 g/mol. The number of halogens is 1. The van der Waals surface area contributed by atoms with Crippen LogP contribution in [0.15, 0.2) is 0 Å². The van der Waals surface area contributed by atoms with Gasteiger partial charge in [-0.3, -0.25) is 0 Å². The highest BCUT2D eigenvalue weighted by atomic mass is 35.6. The van der Waals surface area contributed by atoms with Crippen LogP contribution in [0, 0.1) is 5.92 Å². The van der Waals surface area contributed by atoms with E-state index in [2.05, 4.69) is 6.92 Å². The molecule has 0 spiro atoms. The maximum absolute atomic E-state index is 5.63. The highest BCUT2D eigenvalue weighted by Gasteiger charge is 2.26. The molecule has 8 heavy (non-hydrogen) atoms. The number of rotatable bonds is 2. The van der Waals surface area contributed by atoms with Crippen molar-refractivity contribution in [2.45, 2.75) is 19.1 Å². The van der Waals surface area contributed by atoms with E-state index in [1.54, 1.807) is 0 Å². The summed E-state index contributed by atoms with van der Waals surface area (Å²) in [5, 5.41) is 0. The molecule has 0 aromatic rings. The Morgan fingerprint density at radius 1 is 1.88 bits per heavy atom. The minimum Gasteiger partial charge on any atom is -0.378 e. The molecule has 0 aromatic carbocycles. The first-order valence-electron chi connectivity index (χ1n) is 3.02. The predicted molar refractivity (Wildman–Crippen MR) is 38.1 cm³/mol. The molecule has 1 fully saturated rings. The van der Waals surface area contributed by atoms with Crippen molar-refractivity contribution in [3.8, 4) is 0 Å². The molecule has 3 heteroatoms. The van der Waals surface area contributed by atoms with Gasteiger partial charge in [-0.2, -0.15) is 11.1 Å². The van der Waals surface area contributed by atoms with Crippen LogP contribution < -0.4 is 0 Å². The molecule has 1 rings (SSSR count). The third-order valence-electron chi connectivity index (χ3n) is 1.60. The molecule has 0 aliphatic carbocycles. The summed E-state index contributed by atoms with van der Waals surface area (Å²) in [7, 11) is -0.278. The normalized spacial score (nSPS) is 38.2. The van der Waals surface area contributed by atoms with Crippen LogP contribution in [0.25, 0.3) is 0 Å². The fourth-order valence-electron chi connectivity index (χ4n) is 0.900. The molecular formula is C5H11ClOSi. The topological polar surface area (TPSA) is 9.23 Å². The lowest BCUT2D eigenvalue weighted by Gasteiger charge is -2.33. The molecule has 0 radical (unpaired) electrons. The van der Waals surface area contributed by atoms with Crippen molar-refractivity contribution in [3.05, 3.63) is 0 Å². The van der Waals surface area contributed by atoms with Crippen LogP contribution in [0.4, 0.5) is 0 Å². The van der Waals surface area contributed by atoms with Gasteiger partial charge in [0.15, 0.2) is 0 Å². The Morgan fingerprint density at radius 2 is 2.62 bits per heavy atom. The molecule has 0 saturated carbocycles. The lowest BCUT2D eigenvalue weighted by atomic mass is 10.0. The molecule has 1 aliphatic heterocycles. The van der Waals surface area contributed by atoms with Crippen LogP contribution >= 0.6 is 11.1 Å². The summed E-state index contributed by atoms with van der Waals surface area (Å²) < 4.78 is 5.23. The quantitative estimate of drug-likeness (QED) is 0.417. The number of ether oxygens (including phenoxy) is 1. The second kappa shape index (κ2) is 2.85. The van der Waals surface area contributed by atoms with E-state index in [1.165, 1.54) is 0 Å². The molecule has 0 N–H and O–H groups in total. The maximum atomic E-state index is 5.63. The molecule has 0 aromatic heterocycles. The Labute approximate surface area is 56.9 Å². The summed E-state index contributed by atoms with van der Waals surface area (Å²) in [6.07, 6.45) is 0.527. The van der Waals surface area contributed by atoms with Crippen LogP contribution in [0.3, 0.4) is 0 Å². The summed E-state index contributed by atoms with van der Waals surface area (Å²) in [6.45, 7) is 3.17. The number of hydrogen-bond acceptors (Lipinski definition) is 1. The van der Waals surface area contributed by atoms with Gasteiger partial charge in [-0.1, -0.05) is 6.92 Å². The van der Waals surface area contributed by atoms with Gasteiger partial charge < -0.3 is 4.74 Å². The SMILES string of the molecule is CC1COC1C[SiH2]Cl. The lowest BCUT2D eigenvalue weighted by molar-refractivity contribution is -0.0933. The standard InChI is InChI=1S/C5H11ClOSi/c1-4-2-7-5(4)3-8-6/h4-5H,2-3,8H2,1H3. The predicted octanol–water partition coefficient (Wildman–Crippen LogP) is 0.762. The molecule has 0 bridgehead atoms. The first-order chi connectivity index (χ1) is 3.84. The summed E-state index contributed by atoms with van der Waals surface area (Å²) in [4.78, 5) is 0. The van der Waals surface area contributed by atoms with Crippen molar-refractivity contribution in [3.63, 3.8) is 0 Å². The van der Waals surface area contributed by atoms with Gasteiger partial charge >= 0.3 is 0 Å². The van der Waals surface area contributed by atoms with Gasteiger partial charge in [0.2, 0.25) is 0 Å². The van der Waals surface area contributed by atoms with Gasteiger partial charge in [-0.25, -0.2) is 0 Å². The zero-order valence-electron chi connectivity index (χ0n) is 5.06. The van der Waals surface area contributed by atoms with E-state index in [1.807, 2.05) is 0 Å². The van der Waals surface area contributed by atoms with Gasteiger partial charge in [0, 0.05) is 5.92 Å². The molecular weight excluding hydrogens is 140 g/mol. The second-order valence-electron chi connectivity index (χ2n) is 2.33. The molecule has 1 aliphatic rings. The van der Waals surface area contributed by atoms with Crippen molar-refractivity contribution < 1.29 is 4.74 Å². The lowest BCUT2D eigenvalue weighted by Crippen LogP contribution is -2.37. The summed E-state index contributed by atoms with van der Waals surface area (Å²) in [5.41, 5.74) is 0. The Balaban J connectivity index is 2.08. The first kappa shape index (κ1) is 6.58. The van der Waals surface area contributed by atoms with Crippen LogP contribution in [-0.4, -0.2) is 21.5 Å². The molecule has 2 atom stereocenters. The van der Waals surface area contributed by atoms with Crippen LogP contribution in [-0.2, 0) is 4.74 Å². The van der Waals surface area contributed by atoms with E-state index in [0.29, 0.717) is 6.10 Å². The molecule has 1 saturated heterocycles. The van der Waals surface area contributed by atoms with Gasteiger partial charge in [-0.05, 0) is 6.04 Å². The first-order valence-corrected chi connectivity index (χ1v) is 6.16. The fraction of sp³-hybridized carbons (Fsp3) is 1.00. The van der Waals surface area contributed by atoms with E-state index in [9.17, 15) is 0 Å². The third kappa shape index (κ3) is 1.24. The molecule has 0 amide bonds. The Bertz CT molecular complexity index is 78.8. The van der Waals surface area contributed by atoms with Crippen LogP contribution in [0.1, 0.15) is 6.92 Å².